The van der Waals surface area contributed by atoms with Gasteiger partial charge < -0.3 is 32.6 Å². The van der Waals surface area contributed by atoms with E-state index in [2.05, 4.69) is 60.0 Å². The van der Waals surface area contributed by atoms with Crippen LogP contribution in [0.15, 0.2) is 299 Å². The van der Waals surface area contributed by atoms with E-state index in [-0.39, 0.29) is 152 Å². The van der Waals surface area contributed by atoms with Crippen molar-refractivity contribution in [3.63, 3.8) is 0 Å². The first kappa shape index (κ1) is 89.1. The molecule has 0 saturated carbocycles. The zero-order valence-corrected chi connectivity index (χ0v) is 69.6. The predicted molar refractivity (Wildman–Crippen MR) is 476 cm³/mol. The molecule has 9 aromatic heterocycles. The van der Waals surface area contributed by atoms with Crippen molar-refractivity contribution in [2.45, 2.75) is 97.8 Å². The van der Waals surface area contributed by atoms with E-state index in [1.807, 2.05) is 69.3 Å². The number of benzene rings is 9. The molecule has 0 aliphatic carbocycles. The minimum Gasteiger partial charge on any atom is -0.461 e. The van der Waals surface area contributed by atoms with Crippen LogP contribution >= 0.6 is 0 Å². The average Bonchev–Trinajstić information content (AvgIpc) is 1.77. The smallest absolute Gasteiger partial charge is 0.198 e. The molecule has 0 aliphatic heterocycles. The number of pyridine rings is 1. The van der Waals surface area contributed by atoms with E-state index in [1.54, 1.807) is 195 Å². The van der Waals surface area contributed by atoms with Crippen LogP contribution < -0.4 is 0 Å². The maximum Gasteiger partial charge on any atom is 0.198 e. The molecule has 18 aromatic rings. The molecule has 128 heavy (non-hydrogen) atoms. The summed E-state index contributed by atoms with van der Waals surface area (Å²) in [6.07, 6.45) is 17.0. The van der Waals surface area contributed by atoms with E-state index in [4.69, 9.17) is 17.7 Å². The van der Waals surface area contributed by atoms with Crippen molar-refractivity contribution < 1.29 is 75.2 Å². The number of H-pyrrole nitrogens is 3. The molecule has 28 nitrogen and oxygen atoms in total. The Morgan fingerprint density at radius 3 is 1.08 bits per heavy atom. The minimum absolute atomic E-state index is 0.00559. The molecule has 0 amide bonds. The van der Waals surface area contributed by atoms with E-state index in [9.17, 15) is 57.5 Å². The summed E-state index contributed by atoms with van der Waals surface area (Å²) >= 11 is 0. The number of aryl methyl sites for hydroxylation is 3. The third-order valence-electron chi connectivity index (χ3n) is 20.5. The van der Waals surface area contributed by atoms with E-state index < -0.39 is 0 Å². The number of carbonyl (C=O) groups is 12. The molecular weight excluding hydrogens is 1630 g/mol. The molecule has 0 spiro atoms. The number of nitrogens with one attached hydrogen (secondary N) is 3. The van der Waals surface area contributed by atoms with Crippen molar-refractivity contribution in [1.29, 1.82) is 0 Å². The monoisotopic (exact) mass is 1710 g/mol. The number of oxazole rings is 3. The van der Waals surface area contributed by atoms with Gasteiger partial charge in [0.2, 0.25) is 0 Å². The van der Waals surface area contributed by atoms with Crippen LogP contribution in [0.5, 0.6) is 0 Å². The number of imidazole rings is 3. The van der Waals surface area contributed by atoms with E-state index in [0.29, 0.717) is 94.7 Å². The summed E-state index contributed by atoms with van der Waals surface area (Å²) in [7, 11) is 0. The van der Waals surface area contributed by atoms with Gasteiger partial charge in [0, 0.05) is 151 Å². The van der Waals surface area contributed by atoms with Gasteiger partial charge in [-0.25, -0.2) is 29.9 Å². The normalized spacial score (nSPS) is 10.7. The number of fused-ring (bicyclic) bond motifs is 6. The molecular formula is C100H82N12O16. The number of furan rings is 1. The zero-order chi connectivity index (χ0) is 89.8. The number of Topliss-reactive ketones (excluding diaryl/α,β-unsaturated/α-hetero) is 12. The van der Waals surface area contributed by atoms with Gasteiger partial charge in [-0.2, -0.15) is 5.10 Å². The van der Waals surface area contributed by atoms with Gasteiger partial charge in [-0.3, -0.25) is 62.5 Å². The van der Waals surface area contributed by atoms with Crippen LogP contribution in [-0.4, -0.2) is 129 Å². The van der Waals surface area contributed by atoms with Crippen molar-refractivity contribution in [1.82, 2.24) is 60.0 Å². The lowest BCUT2D eigenvalue weighted by molar-refractivity contribution is 0.0902. The Kier molecular flexibility index (Phi) is 30.2. The first-order chi connectivity index (χ1) is 62.1. The highest BCUT2D eigenvalue weighted by Crippen LogP contribution is 2.25. The Morgan fingerprint density at radius 1 is 0.281 bits per heavy atom. The maximum atomic E-state index is 12.2. The standard InChI is InChI=1S/3C18H15NO3.C16H13N3O2.C15H12N4O2.C15H12N2O3/c1-12-2-4-13(5-3-12)16(20)7-8-17(21)14-6-9-18-15(10-14)19-11-22-18;1-12-3-2-4-13(9-12)16(20)6-7-17(21)14-5-8-18-15(10-14)19-11-22-18;1-12-4-2-3-5-14(12)17(21)8-7-16(20)13-6-9-18-15(10-13)19-11-22-18;20-15(5-6-16(21)12-2-1-7-17-9-12)11-3-4-13-14(8-11)19-10-18-13;20-14(5-6-15(21)12-2-1-7-18-19-12)10-3-4-11-13(8-10)17-9-16-11;18-13(5-6-14(19)15-2-1-7-20-15)10-3-4-11-12(8-10)17-9-16-11/h2-6,9-11H,7-8H2,1H3;2-5,8-11H,6-7H2,1H3;2-6,9-11H,7-8H2,1H3;1-4,7-10H,5-6H2,(H,18,19);1-4,7-9H,5-6H2,(H,16,17);1-4,7-9H,5-6H2,(H,16,17). The summed E-state index contributed by atoms with van der Waals surface area (Å²) in [4.78, 5) is 182. The summed E-state index contributed by atoms with van der Waals surface area (Å²) in [6.45, 7) is 5.81. The second kappa shape index (κ2) is 43.4. The fourth-order valence-corrected chi connectivity index (χ4v) is 13.3. The SMILES string of the molecule is Cc1ccc(C(=O)CCC(=O)c2ccc3ocnc3c2)cc1.Cc1cccc(C(=O)CCC(=O)c2ccc3ocnc3c2)c1.Cc1ccccc1C(=O)CCC(=O)c1ccc2ocnc2c1.O=C(CCC(=O)c1ccc2nc[nH]c2c1)c1cccnc1.O=C(CCC(=O)c1cccnn1)c1ccc2nc[nH]c2c1.O=C(CCC(=O)c1ccco1)c1ccc2nc[nH]c2c1. The van der Waals surface area contributed by atoms with Crippen LogP contribution in [0.1, 0.15) is 218 Å². The summed E-state index contributed by atoms with van der Waals surface area (Å²) in [5.74, 6) is -0.549. The fourth-order valence-electron chi connectivity index (χ4n) is 13.3. The van der Waals surface area contributed by atoms with Gasteiger partial charge in [-0.05, 0) is 178 Å². The second-order valence-electron chi connectivity index (χ2n) is 29.5. The number of nitrogens with zero attached hydrogens (tertiary/aromatic N) is 9. The third kappa shape index (κ3) is 24.4. The number of aromatic amines is 3. The molecule has 9 aromatic carbocycles. The summed E-state index contributed by atoms with van der Waals surface area (Å²) < 4.78 is 20.4. The van der Waals surface area contributed by atoms with Gasteiger partial charge in [0.1, 0.15) is 22.2 Å². The zero-order valence-electron chi connectivity index (χ0n) is 69.6. The Hall–Kier alpha value is -16.7. The van der Waals surface area contributed by atoms with Crippen LogP contribution in [0.2, 0.25) is 0 Å². The lowest BCUT2D eigenvalue weighted by Crippen LogP contribution is -2.07. The van der Waals surface area contributed by atoms with Crippen LogP contribution in [0.25, 0.3) is 66.4 Å². The molecule has 28 heteroatoms. The molecule has 0 aliphatic rings. The van der Waals surface area contributed by atoms with Crippen LogP contribution in [-0.2, 0) is 0 Å². The third-order valence-corrected chi connectivity index (χ3v) is 20.5. The number of hydrogen-bond donors (Lipinski definition) is 3. The topological polar surface area (TPSA) is 421 Å². The Labute approximate surface area is 730 Å². The van der Waals surface area contributed by atoms with Crippen molar-refractivity contribution in [3.8, 4) is 0 Å². The fraction of sp³-hybridized carbons (Fsp3) is 0.150. The van der Waals surface area contributed by atoms with Crippen LogP contribution in [0.3, 0.4) is 0 Å². The quantitative estimate of drug-likeness (QED) is 0.0352. The first-order valence-electron chi connectivity index (χ1n) is 40.7. The summed E-state index contributed by atoms with van der Waals surface area (Å²) in [5.41, 5.74) is 18.0. The number of ketones is 12. The molecule has 18 rings (SSSR count). The maximum absolute atomic E-state index is 12.2. The predicted octanol–water partition coefficient (Wildman–Crippen LogP) is 20.0. The van der Waals surface area contributed by atoms with Gasteiger partial charge in [-0.15, -0.1) is 5.10 Å². The molecule has 0 saturated heterocycles. The highest BCUT2D eigenvalue weighted by Gasteiger charge is 2.21. The van der Waals surface area contributed by atoms with E-state index in [0.717, 1.165) is 49.8 Å². The molecule has 3 N–H and O–H groups in total. The molecule has 0 bridgehead atoms. The Morgan fingerprint density at radius 2 is 0.664 bits per heavy atom. The van der Waals surface area contributed by atoms with Gasteiger partial charge in [0.25, 0.3) is 0 Å². The molecule has 0 unspecified atom stereocenters. The van der Waals surface area contributed by atoms with Gasteiger partial charge in [-0.1, -0.05) is 77.9 Å². The lowest BCUT2D eigenvalue weighted by Gasteiger charge is -2.04. The number of aromatic nitrogens is 12. The van der Waals surface area contributed by atoms with E-state index in [1.165, 1.54) is 37.8 Å². The van der Waals surface area contributed by atoms with Crippen molar-refractivity contribution in [2.24, 2.45) is 0 Å². The van der Waals surface area contributed by atoms with Crippen LogP contribution in [0, 0.1) is 20.8 Å². The highest BCUT2D eigenvalue weighted by molar-refractivity contribution is 6.08. The average molecular weight is 1710 g/mol. The van der Waals surface area contributed by atoms with E-state index >= 15 is 0 Å². The molecule has 9 heterocycles. The van der Waals surface area contributed by atoms with Crippen molar-refractivity contribution in [2.75, 3.05) is 0 Å². The number of carbonyl (C=O) groups excluding carboxylic acids is 12. The Bertz CT molecular complexity index is 6900. The number of rotatable bonds is 30. The largest absolute Gasteiger partial charge is 0.461 e. The first-order valence-corrected chi connectivity index (χ1v) is 40.7. The van der Waals surface area contributed by atoms with Crippen molar-refractivity contribution >= 4 is 136 Å². The van der Waals surface area contributed by atoms with Crippen LogP contribution in [0.4, 0.5) is 0 Å². The summed E-state index contributed by atoms with van der Waals surface area (Å²) in [5, 5.41) is 7.39. The van der Waals surface area contributed by atoms with Gasteiger partial charge >= 0.3 is 0 Å². The Balaban J connectivity index is 0.000000131. The number of hydrogen-bond acceptors (Lipinski definition) is 25. The molecule has 0 radical (unpaired) electrons. The lowest BCUT2D eigenvalue weighted by atomic mass is 9.99. The molecule has 638 valence electrons. The van der Waals surface area contributed by atoms with Crippen molar-refractivity contribution in [3.05, 3.63) is 365 Å². The van der Waals surface area contributed by atoms with Gasteiger partial charge in [0.05, 0.1) is 58.3 Å². The van der Waals surface area contributed by atoms with Gasteiger partial charge in [0.15, 0.2) is 111 Å². The second-order valence-corrected chi connectivity index (χ2v) is 29.5. The highest BCUT2D eigenvalue weighted by atomic mass is 16.3. The molecule has 0 fully saturated rings. The molecule has 0 atom stereocenters. The summed E-state index contributed by atoms with van der Waals surface area (Å²) in [6, 6.07) is 63.3. The minimum atomic E-state index is -0.181.